The number of ether oxygens (including phenoxy) is 2. The first kappa shape index (κ1) is 17.6. The molecule has 4 heteroatoms. The molecule has 0 N–H and O–H groups in total. The molecule has 1 aliphatic carbocycles. The molecule has 0 atom stereocenters. The second-order valence-electron chi connectivity index (χ2n) is 6.16. The quantitative estimate of drug-likeness (QED) is 0.767. The fourth-order valence-electron chi connectivity index (χ4n) is 3.46. The SMILES string of the molecule is CCN(C(=O)CCc1ccc(OC)c(OC)c1)C1CCCCC1. The van der Waals surface area contributed by atoms with E-state index in [1.807, 2.05) is 18.2 Å². The Morgan fingerprint density at radius 1 is 1.13 bits per heavy atom. The van der Waals surface area contributed by atoms with Gasteiger partial charge in [-0.1, -0.05) is 25.3 Å². The largest absolute Gasteiger partial charge is 0.493 e. The number of methoxy groups -OCH3 is 2. The molecule has 0 aromatic heterocycles. The van der Waals surface area contributed by atoms with Gasteiger partial charge in [0.15, 0.2) is 11.5 Å². The number of carbonyl (C=O) groups is 1. The van der Waals surface area contributed by atoms with Gasteiger partial charge in [-0.05, 0) is 43.9 Å². The van der Waals surface area contributed by atoms with Crippen molar-refractivity contribution >= 4 is 5.91 Å². The molecule has 128 valence electrons. The van der Waals surface area contributed by atoms with E-state index in [2.05, 4.69) is 11.8 Å². The Hall–Kier alpha value is -1.71. The molecule has 1 saturated carbocycles. The number of carbonyl (C=O) groups excluding carboxylic acids is 1. The third kappa shape index (κ3) is 4.63. The van der Waals surface area contributed by atoms with E-state index in [9.17, 15) is 4.79 Å². The van der Waals surface area contributed by atoms with E-state index in [4.69, 9.17) is 9.47 Å². The maximum Gasteiger partial charge on any atom is 0.223 e. The number of aryl methyl sites for hydroxylation is 1. The Kier molecular flexibility index (Phi) is 6.75. The summed E-state index contributed by atoms with van der Waals surface area (Å²) in [5.74, 6) is 1.71. The van der Waals surface area contributed by atoms with Crippen LogP contribution in [0.2, 0.25) is 0 Å². The van der Waals surface area contributed by atoms with Gasteiger partial charge in [-0.2, -0.15) is 0 Å². The first-order valence-corrected chi connectivity index (χ1v) is 8.70. The summed E-state index contributed by atoms with van der Waals surface area (Å²) >= 11 is 0. The Bertz CT molecular complexity index is 509. The number of benzene rings is 1. The van der Waals surface area contributed by atoms with E-state index in [1.54, 1.807) is 14.2 Å². The molecule has 0 bridgehead atoms. The molecule has 0 spiro atoms. The summed E-state index contributed by atoms with van der Waals surface area (Å²) < 4.78 is 10.6. The second kappa shape index (κ2) is 8.80. The molecule has 0 saturated heterocycles. The summed E-state index contributed by atoms with van der Waals surface area (Å²) in [6, 6.07) is 6.32. The number of rotatable bonds is 7. The average molecular weight is 319 g/mol. The number of amides is 1. The van der Waals surface area contributed by atoms with Crippen molar-refractivity contribution in [2.75, 3.05) is 20.8 Å². The maximum atomic E-state index is 12.6. The van der Waals surface area contributed by atoms with Crippen LogP contribution >= 0.6 is 0 Å². The smallest absolute Gasteiger partial charge is 0.223 e. The lowest BCUT2D eigenvalue weighted by molar-refractivity contribution is -0.133. The van der Waals surface area contributed by atoms with E-state index < -0.39 is 0 Å². The minimum Gasteiger partial charge on any atom is -0.493 e. The standard InChI is InChI=1S/C19H29NO3/c1-4-20(16-8-6-5-7-9-16)19(21)13-11-15-10-12-17(22-2)18(14-15)23-3/h10,12,14,16H,4-9,11,13H2,1-3H3. The fraction of sp³-hybridized carbons (Fsp3) is 0.632. The van der Waals surface area contributed by atoms with Crippen LogP contribution in [-0.2, 0) is 11.2 Å². The average Bonchev–Trinajstić information content (AvgIpc) is 2.61. The molecule has 23 heavy (non-hydrogen) atoms. The zero-order valence-electron chi connectivity index (χ0n) is 14.6. The lowest BCUT2D eigenvalue weighted by Crippen LogP contribution is -2.41. The minimum absolute atomic E-state index is 0.272. The lowest BCUT2D eigenvalue weighted by Gasteiger charge is -2.33. The minimum atomic E-state index is 0.272. The van der Waals surface area contributed by atoms with E-state index in [1.165, 1.54) is 19.3 Å². The van der Waals surface area contributed by atoms with Crippen molar-refractivity contribution in [2.24, 2.45) is 0 Å². The van der Waals surface area contributed by atoms with E-state index in [0.717, 1.165) is 42.9 Å². The van der Waals surface area contributed by atoms with Crippen molar-refractivity contribution in [1.82, 2.24) is 4.90 Å². The zero-order valence-corrected chi connectivity index (χ0v) is 14.6. The van der Waals surface area contributed by atoms with E-state index in [0.29, 0.717) is 12.5 Å². The number of nitrogens with zero attached hydrogens (tertiary/aromatic N) is 1. The molecule has 0 heterocycles. The Labute approximate surface area is 139 Å². The normalized spacial score (nSPS) is 15.3. The molecule has 1 fully saturated rings. The van der Waals surface area contributed by atoms with E-state index >= 15 is 0 Å². The van der Waals surface area contributed by atoms with Crippen LogP contribution in [0.5, 0.6) is 11.5 Å². The molecule has 1 aliphatic rings. The maximum absolute atomic E-state index is 12.6. The van der Waals surface area contributed by atoms with Crippen molar-refractivity contribution in [3.63, 3.8) is 0 Å². The van der Waals surface area contributed by atoms with Gasteiger partial charge in [-0.15, -0.1) is 0 Å². The van der Waals surface area contributed by atoms with Gasteiger partial charge in [0.25, 0.3) is 0 Å². The van der Waals surface area contributed by atoms with Gasteiger partial charge in [-0.3, -0.25) is 4.79 Å². The third-order valence-corrected chi connectivity index (χ3v) is 4.75. The summed E-state index contributed by atoms with van der Waals surface area (Å²) in [4.78, 5) is 14.7. The first-order valence-electron chi connectivity index (χ1n) is 8.70. The van der Waals surface area contributed by atoms with Crippen molar-refractivity contribution < 1.29 is 14.3 Å². The molecule has 0 aliphatic heterocycles. The predicted octanol–water partition coefficient (Wildman–Crippen LogP) is 3.82. The molecule has 1 amide bonds. The first-order chi connectivity index (χ1) is 11.2. The van der Waals surface area contributed by atoms with Crippen LogP contribution in [0, 0.1) is 0 Å². The predicted molar refractivity (Wildman–Crippen MR) is 92.1 cm³/mol. The Morgan fingerprint density at radius 2 is 1.83 bits per heavy atom. The zero-order chi connectivity index (χ0) is 16.7. The molecule has 4 nitrogen and oxygen atoms in total. The summed E-state index contributed by atoms with van der Waals surface area (Å²) in [7, 11) is 3.26. The molecule has 1 aromatic carbocycles. The van der Waals surface area contributed by atoms with Gasteiger partial charge in [0.2, 0.25) is 5.91 Å². The molecule has 2 rings (SSSR count). The van der Waals surface area contributed by atoms with Gasteiger partial charge in [0.1, 0.15) is 0 Å². The van der Waals surface area contributed by atoms with Crippen LogP contribution in [0.1, 0.15) is 51.0 Å². The lowest BCUT2D eigenvalue weighted by atomic mass is 9.94. The molecular formula is C19H29NO3. The Morgan fingerprint density at radius 3 is 2.43 bits per heavy atom. The summed E-state index contributed by atoms with van der Waals surface area (Å²) in [6.45, 7) is 2.90. The monoisotopic (exact) mass is 319 g/mol. The molecule has 0 unspecified atom stereocenters. The van der Waals surface area contributed by atoms with Crippen LogP contribution in [0.15, 0.2) is 18.2 Å². The highest BCUT2D eigenvalue weighted by Crippen LogP contribution is 2.28. The summed E-state index contributed by atoms with van der Waals surface area (Å²) in [5.41, 5.74) is 1.11. The van der Waals surface area contributed by atoms with Crippen LogP contribution in [0.4, 0.5) is 0 Å². The summed E-state index contributed by atoms with van der Waals surface area (Å²) in [5, 5.41) is 0. The van der Waals surface area contributed by atoms with Crippen LogP contribution in [0.25, 0.3) is 0 Å². The fourth-order valence-corrected chi connectivity index (χ4v) is 3.46. The topological polar surface area (TPSA) is 38.8 Å². The molecular weight excluding hydrogens is 290 g/mol. The van der Waals surface area contributed by atoms with Crippen LogP contribution in [0.3, 0.4) is 0 Å². The van der Waals surface area contributed by atoms with Crippen molar-refractivity contribution in [1.29, 1.82) is 0 Å². The van der Waals surface area contributed by atoms with Gasteiger partial charge >= 0.3 is 0 Å². The third-order valence-electron chi connectivity index (χ3n) is 4.75. The molecule has 1 aromatic rings. The van der Waals surface area contributed by atoms with E-state index in [-0.39, 0.29) is 5.91 Å². The highest BCUT2D eigenvalue weighted by atomic mass is 16.5. The van der Waals surface area contributed by atoms with Gasteiger partial charge in [0, 0.05) is 19.0 Å². The van der Waals surface area contributed by atoms with Gasteiger partial charge < -0.3 is 14.4 Å². The van der Waals surface area contributed by atoms with Crippen molar-refractivity contribution in [2.45, 2.75) is 57.9 Å². The van der Waals surface area contributed by atoms with Crippen molar-refractivity contribution in [3.05, 3.63) is 23.8 Å². The highest BCUT2D eigenvalue weighted by Gasteiger charge is 2.23. The van der Waals surface area contributed by atoms with Gasteiger partial charge in [0.05, 0.1) is 14.2 Å². The second-order valence-corrected chi connectivity index (χ2v) is 6.16. The Balaban J connectivity index is 1.94. The van der Waals surface area contributed by atoms with Crippen LogP contribution in [-0.4, -0.2) is 37.6 Å². The highest BCUT2D eigenvalue weighted by molar-refractivity contribution is 5.76. The number of hydrogen-bond donors (Lipinski definition) is 0. The van der Waals surface area contributed by atoms with Crippen LogP contribution < -0.4 is 9.47 Å². The molecule has 0 radical (unpaired) electrons. The van der Waals surface area contributed by atoms with Crippen molar-refractivity contribution in [3.8, 4) is 11.5 Å². The van der Waals surface area contributed by atoms with Gasteiger partial charge in [-0.25, -0.2) is 0 Å². The summed E-state index contributed by atoms with van der Waals surface area (Å²) in [6.07, 6.45) is 7.44. The number of hydrogen-bond acceptors (Lipinski definition) is 3.